The first-order chi connectivity index (χ1) is 6.31. The molecule has 0 bridgehead atoms. The maximum Gasteiger partial charge on any atom is 0.0625 e. The van der Waals surface area contributed by atoms with Crippen molar-refractivity contribution in [2.75, 3.05) is 6.61 Å². The van der Waals surface area contributed by atoms with Gasteiger partial charge in [0, 0.05) is 3.58 Å². The molecule has 0 heterocycles. The Kier molecular flexibility index (Phi) is 10.4. The van der Waals surface area contributed by atoms with Crippen LogP contribution < -0.4 is 0 Å². The van der Waals surface area contributed by atoms with E-state index in [9.17, 15) is 0 Å². The Balaban J connectivity index is 3.35. The molecule has 0 atom stereocenters. The lowest BCUT2D eigenvalue weighted by Crippen LogP contribution is -1.75. The highest BCUT2D eigenvalue weighted by Crippen LogP contribution is 2.09. The third-order valence-corrected chi connectivity index (χ3v) is 2.59. The number of hydrogen-bond acceptors (Lipinski definition) is 1. The van der Waals surface area contributed by atoms with E-state index in [1.165, 1.54) is 25.7 Å². The second-order valence-electron chi connectivity index (χ2n) is 3.02. The fourth-order valence-corrected chi connectivity index (χ4v) is 1.49. The minimum absolute atomic E-state index is 0.137. The minimum atomic E-state index is 0.137. The van der Waals surface area contributed by atoms with Crippen molar-refractivity contribution in [3.8, 4) is 0 Å². The molecule has 1 nitrogen and oxygen atoms in total. The molecule has 1 N–H and O–H groups in total. The van der Waals surface area contributed by atoms with Gasteiger partial charge in [0.15, 0.2) is 0 Å². The SMILES string of the molecule is CCCCCC/C=C/C(I)=C/CO. The molecule has 0 aromatic carbocycles. The van der Waals surface area contributed by atoms with Gasteiger partial charge in [0.25, 0.3) is 0 Å². The van der Waals surface area contributed by atoms with Crippen LogP contribution in [0.5, 0.6) is 0 Å². The van der Waals surface area contributed by atoms with Gasteiger partial charge in [-0.3, -0.25) is 0 Å². The Morgan fingerprint density at radius 3 is 2.69 bits per heavy atom. The van der Waals surface area contributed by atoms with Crippen molar-refractivity contribution in [1.29, 1.82) is 0 Å². The Morgan fingerprint density at radius 2 is 2.08 bits per heavy atom. The summed E-state index contributed by atoms with van der Waals surface area (Å²) in [6, 6.07) is 0. The molecule has 0 saturated carbocycles. The first kappa shape index (κ1) is 13.2. The third-order valence-electron chi connectivity index (χ3n) is 1.79. The molecule has 0 spiro atoms. The highest BCUT2D eigenvalue weighted by atomic mass is 127. The highest BCUT2D eigenvalue weighted by molar-refractivity contribution is 14.1. The Hall–Kier alpha value is 0.170. The molecule has 0 unspecified atom stereocenters. The Morgan fingerprint density at radius 1 is 1.31 bits per heavy atom. The molecule has 0 rings (SSSR count). The van der Waals surface area contributed by atoms with Gasteiger partial charge in [-0.25, -0.2) is 0 Å². The van der Waals surface area contributed by atoms with E-state index in [1.54, 1.807) is 0 Å². The normalized spacial score (nSPS) is 12.7. The molecule has 0 radical (unpaired) electrons. The van der Waals surface area contributed by atoms with Gasteiger partial charge in [0.1, 0.15) is 0 Å². The Labute approximate surface area is 95.1 Å². The number of hydrogen-bond donors (Lipinski definition) is 1. The van der Waals surface area contributed by atoms with Crippen molar-refractivity contribution in [3.05, 3.63) is 21.8 Å². The smallest absolute Gasteiger partial charge is 0.0625 e. The number of aliphatic hydroxyl groups is 1. The van der Waals surface area contributed by atoms with Crippen LogP contribution >= 0.6 is 22.6 Å². The summed E-state index contributed by atoms with van der Waals surface area (Å²) < 4.78 is 1.12. The molecular formula is C11H19IO. The van der Waals surface area contributed by atoms with Gasteiger partial charge in [-0.2, -0.15) is 0 Å². The van der Waals surface area contributed by atoms with Gasteiger partial charge in [0.05, 0.1) is 6.61 Å². The zero-order valence-corrected chi connectivity index (χ0v) is 10.5. The van der Waals surface area contributed by atoms with E-state index in [1.807, 2.05) is 6.08 Å². The standard InChI is InChI=1S/C11H19IO/c1-2-3-4-5-6-7-8-11(12)9-10-13/h7-9,13H,2-6,10H2,1H3/b8-7+,11-9-. The maximum atomic E-state index is 8.59. The molecule has 0 aliphatic carbocycles. The molecule has 13 heavy (non-hydrogen) atoms. The van der Waals surface area contributed by atoms with E-state index in [4.69, 9.17) is 5.11 Å². The molecule has 0 aliphatic heterocycles. The summed E-state index contributed by atoms with van der Waals surface area (Å²) in [6.45, 7) is 2.36. The average molecular weight is 294 g/mol. The monoisotopic (exact) mass is 294 g/mol. The van der Waals surface area contributed by atoms with Crippen molar-refractivity contribution in [1.82, 2.24) is 0 Å². The lowest BCUT2D eigenvalue weighted by Gasteiger charge is -1.94. The van der Waals surface area contributed by atoms with Crippen molar-refractivity contribution < 1.29 is 5.11 Å². The highest BCUT2D eigenvalue weighted by Gasteiger charge is 1.85. The van der Waals surface area contributed by atoms with Crippen LogP contribution in [0.15, 0.2) is 21.8 Å². The van der Waals surface area contributed by atoms with Crippen molar-refractivity contribution in [2.24, 2.45) is 0 Å². The number of aliphatic hydroxyl groups excluding tert-OH is 1. The predicted octanol–water partition coefficient (Wildman–Crippen LogP) is 3.82. The second kappa shape index (κ2) is 10.3. The molecule has 0 saturated heterocycles. The van der Waals surface area contributed by atoms with E-state index >= 15 is 0 Å². The first-order valence-electron chi connectivity index (χ1n) is 4.94. The largest absolute Gasteiger partial charge is 0.392 e. The molecule has 0 amide bonds. The van der Waals surface area contributed by atoms with E-state index in [2.05, 4.69) is 41.7 Å². The quantitative estimate of drug-likeness (QED) is 0.430. The van der Waals surface area contributed by atoms with Crippen LogP contribution in [-0.4, -0.2) is 11.7 Å². The number of allylic oxidation sites excluding steroid dienone is 3. The summed E-state index contributed by atoms with van der Waals surface area (Å²) >= 11 is 2.22. The molecule has 0 aliphatic rings. The predicted molar refractivity (Wildman–Crippen MR) is 67.1 cm³/mol. The lowest BCUT2D eigenvalue weighted by atomic mass is 10.1. The molecule has 0 fully saturated rings. The van der Waals surface area contributed by atoms with Crippen LogP contribution in [0.1, 0.15) is 39.0 Å². The van der Waals surface area contributed by atoms with Gasteiger partial charge in [-0.15, -0.1) is 0 Å². The average Bonchev–Trinajstić information content (AvgIpc) is 2.11. The summed E-state index contributed by atoms with van der Waals surface area (Å²) in [6.07, 6.45) is 12.5. The molecule has 0 aromatic rings. The van der Waals surface area contributed by atoms with Gasteiger partial charge in [-0.1, -0.05) is 38.3 Å². The van der Waals surface area contributed by atoms with Crippen LogP contribution in [0.2, 0.25) is 0 Å². The molecule has 0 aromatic heterocycles. The fourth-order valence-electron chi connectivity index (χ4n) is 1.04. The second-order valence-corrected chi connectivity index (χ2v) is 4.27. The minimum Gasteiger partial charge on any atom is -0.392 e. The van der Waals surface area contributed by atoms with Crippen LogP contribution in [0.25, 0.3) is 0 Å². The molecule has 76 valence electrons. The maximum absolute atomic E-state index is 8.59. The van der Waals surface area contributed by atoms with Crippen LogP contribution in [0.4, 0.5) is 0 Å². The summed E-state index contributed by atoms with van der Waals surface area (Å²) in [5.74, 6) is 0. The number of unbranched alkanes of at least 4 members (excludes halogenated alkanes) is 4. The van der Waals surface area contributed by atoms with E-state index in [0.717, 1.165) is 10.0 Å². The number of halogens is 1. The zero-order chi connectivity index (χ0) is 9.94. The van der Waals surface area contributed by atoms with E-state index in [0.29, 0.717) is 0 Å². The summed E-state index contributed by atoms with van der Waals surface area (Å²) in [7, 11) is 0. The Bertz CT molecular complexity index is 161. The van der Waals surface area contributed by atoms with Gasteiger partial charge >= 0.3 is 0 Å². The molecular weight excluding hydrogens is 275 g/mol. The topological polar surface area (TPSA) is 20.2 Å². The van der Waals surface area contributed by atoms with Crippen molar-refractivity contribution in [3.63, 3.8) is 0 Å². The van der Waals surface area contributed by atoms with Gasteiger partial charge in [0.2, 0.25) is 0 Å². The van der Waals surface area contributed by atoms with Crippen molar-refractivity contribution in [2.45, 2.75) is 39.0 Å². The van der Waals surface area contributed by atoms with Gasteiger partial charge < -0.3 is 5.11 Å². The summed E-state index contributed by atoms with van der Waals surface area (Å²) in [5, 5.41) is 8.59. The summed E-state index contributed by atoms with van der Waals surface area (Å²) in [4.78, 5) is 0. The van der Waals surface area contributed by atoms with Crippen LogP contribution in [0.3, 0.4) is 0 Å². The number of rotatable bonds is 7. The fraction of sp³-hybridized carbons (Fsp3) is 0.636. The van der Waals surface area contributed by atoms with E-state index < -0.39 is 0 Å². The zero-order valence-electron chi connectivity index (χ0n) is 8.30. The van der Waals surface area contributed by atoms with Gasteiger partial charge in [-0.05, 0) is 41.5 Å². The van der Waals surface area contributed by atoms with Crippen molar-refractivity contribution >= 4 is 22.6 Å². The van der Waals surface area contributed by atoms with Crippen LogP contribution in [0, 0.1) is 0 Å². The van der Waals surface area contributed by atoms with E-state index in [-0.39, 0.29) is 6.61 Å². The summed E-state index contributed by atoms with van der Waals surface area (Å²) in [5.41, 5.74) is 0. The lowest BCUT2D eigenvalue weighted by molar-refractivity contribution is 0.342. The van der Waals surface area contributed by atoms with Crippen LogP contribution in [-0.2, 0) is 0 Å². The molecule has 2 heteroatoms. The first-order valence-corrected chi connectivity index (χ1v) is 6.02. The third kappa shape index (κ3) is 10.1.